The van der Waals surface area contributed by atoms with Crippen LogP contribution < -0.4 is 0 Å². The lowest BCUT2D eigenvalue weighted by Crippen LogP contribution is -2.19. The SMILES string of the molecule is N#Cc1c(F)cnn1C(F)(F)F. The Morgan fingerprint density at radius 3 is 2.42 bits per heavy atom. The van der Waals surface area contributed by atoms with Gasteiger partial charge in [-0.15, -0.1) is 13.2 Å². The van der Waals surface area contributed by atoms with Crippen LogP contribution in [-0.4, -0.2) is 9.78 Å². The van der Waals surface area contributed by atoms with E-state index in [0.29, 0.717) is 6.20 Å². The molecule has 1 aromatic rings. The minimum atomic E-state index is -4.85. The van der Waals surface area contributed by atoms with E-state index in [1.54, 1.807) is 0 Å². The Balaban J connectivity index is 3.28. The standard InChI is InChI=1S/C5HF4N3/c6-3-2-11-12(4(3)1-10)5(7,8)9/h2H. The van der Waals surface area contributed by atoms with Gasteiger partial charge < -0.3 is 0 Å². The van der Waals surface area contributed by atoms with Crippen LogP contribution in [0.15, 0.2) is 6.20 Å². The molecule has 0 bridgehead atoms. The van der Waals surface area contributed by atoms with E-state index in [9.17, 15) is 17.6 Å². The van der Waals surface area contributed by atoms with Crippen molar-refractivity contribution in [2.24, 2.45) is 0 Å². The molecule has 0 radical (unpaired) electrons. The Bertz CT molecular complexity index is 331. The van der Waals surface area contributed by atoms with E-state index in [1.165, 1.54) is 0 Å². The molecular formula is C5HF4N3. The molecule has 0 N–H and O–H groups in total. The Hall–Kier alpha value is -1.58. The summed E-state index contributed by atoms with van der Waals surface area (Å²) in [6.07, 6.45) is -4.51. The van der Waals surface area contributed by atoms with Gasteiger partial charge in [-0.3, -0.25) is 0 Å². The summed E-state index contributed by atoms with van der Waals surface area (Å²) >= 11 is 0. The van der Waals surface area contributed by atoms with Crippen molar-refractivity contribution < 1.29 is 17.6 Å². The van der Waals surface area contributed by atoms with Crippen molar-refractivity contribution in [3.8, 4) is 6.07 Å². The monoisotopic (exact) mass is 179 g/mol. The third-order valence-electron chi connectivity index (χ3n) is 1.07. The highest BCUT2D eigenvalue weighted by molar-refractivity contribution is 5.21. The van der Waals surface area contributed by atoms with Crippen LogP contribution in [0.2, 0.25) is 0 Å². The van der Waals surface area contributed by atoms with Crippen molar-refractivity contribution >= 4 is 0 Å². The van der Waals surface area contributed by atoms with Crippen LogP contribution in [0.5, 0.6) is 0 Å². The van der Waals surface area contributed by atoms with Gasteiger partial charge in [0.25, 0.3) is 0 Å². The first-order valence-corrected chi connectivity index (χ1v) is 2.67. The number of nitriles is 1. The van der Waals surface area contributed by atoms with Crippen LogP contribution in [0, 0.1) is 17.1 Å². The van der Waals surface area contributed by atoms with Crippen LogP contribution >= 0.6 is 0 Å². The Labute approximate surface area is 63.8 Å². The van der Waals surface area contributed by atoms with Crippen molar-refractivity contribution in [2.75, 3.05) is 0 Å². The first-order chi connectivity index (χ1) is 5.46. The maximum absolute atomic E-state index is 12.3. The molecule has 0 unspecified atom stereocenters. The number of aromatic nitrogens is 2. The minimum absolute atomic E-state index is 0.339. The summed E-state index contributed by atoms with van der Waals surface area (Å²) in [6.45, 7) is 0. The quantitative estimate of drug-likeness (QED) is 0.564. The van der Waals surface area contributed by atoms with Gasteiger partial charge in [-0.05, 0) is 0 Å². The summed E-state index contributed by atoms with van der Waals surface area (Å²) in [5.41, 5.74) is -1.14. The van der Waals surface area contributed by atoms with E-state index >= 15 is 0 Å². The molecule has 0 aliphatic carbocycles. The van der Waals surface area contributed by atoms with Crippen LogP contribution in [0.1, 0.15) is 5.69 Å². The second kappa shape index (κ2) is 2.48. The van der Waals surface area contributed by atoms with E-state index in [2.05, 4.69) is 5.10 Å². The number of alkyl halides is 3. The fourth-order valence-electron chi connectivity index (χ4n) is 0.621. The molecule has 0 saturated heterocycles. The zero-order valence-electron chi connectivity index (χ0n) is 5.43. The van der Waals surface area contributed by atoms with Gasteiger partial charge in [-0.2, -0.15) is 15.0 Å². The highest BCUT2D eigenvalue weighted by atomic mass is 19.4. The number of halogens is 4. The number of rotatable bonds is 0. The largest absolute Gasteiger partial charge is 0.505 e. The predicted molar refractivity (Wildman–Crippen MR) is 28.2 cm³/mol. The van der Waals surface area contributed by atoms with E-state index in [1.807, 2.05) is 0 Å². The second-order valence-electron chi connectivity index (χ2n) is 1.83. The molecule has 0 saturated carbocycles. The lowest BCUT2D eigenvalue weighted by molar-refractivity contribution is -0.212. The van der Waals surface area contributed by atoms with Crippen molar-refractivity contribution in [3.05, 3.63) is 17.7 Å². The maximum atomic E-state index is 12.3. The molecule has 1 heterocycles. The summed E-state index contributed by atoms with van der Waals surface area (Å²) in [5.74, 6) is -1.28. The molecule has 0 aromatic carbocycles. The van der Waals surface area contributed by atoms with Crippen molar-refractivity contribution in [3.63, 3.8) is 0 Å². The van der Waals surface area contributed by atoms with Crippen molar-refractivity contribution in [1.29, 1.82) is 5.26 Å². The molecule has 0 aliphatic heterocycles. The van der Waals surface area contributed by atoms with E-state index < -0.39 is 22.5 Å². The van der Waals surface area contributed by atoms with Crippen LogP contribution in [-0.2, 0) is 6.30 Å². The van der Waals surface area contributed by atoms with Gasteiger partial charge in [-0.1, -0.05) is 0 Å². The van der Waals surface area contributed by atoms with Gasteiger partial charge >= 0.3 is 6.30 Å². The van der Waals surface area contributed by atoms with Gasteiger partial charge in [0.05, 0.1) is 6.20 Å². The van der Waals surface area contributed by atoms with E-state index in [0.717, 1.165) is 6.07 Å². The van der Waals surface area contributed by atoms with Gasteiger partial charge in [0.2, 0.25) is 0 Å². The first kappa shape index (κ1) is 8.52. The fraction of sp³-hybridized carbons (Fsp3) is 0.200. The predicted octanol–water partition coefficient (Wildman–Crippen LogP) is 1.37. The van der Waals surface area contributed by atoms with Crippen LogP contribution in [0.4, 0.5) is 17.6 Å². The molecule has 12 heavy (non-hydrogen) atoms. The molecule has 0 fully saturated rings. The molecule has 1 rings (SSSR count). The lowest BCUT2D eigenvalue weighted by atomic mass is 10.4. The Kier molecular flexibility index (Phi) is 1.76. The highest BCUT2D eigenvalue weighted by Gasteiger charge is 2.35. The zero-order valence-corrected chi connectivity index (χ0v) is 5.43. The van der Waals surface area contributed by atoms with Crippen molar-refractivity contribution in [2.45, 2.75) is 6.30 Å². The van der Waals surface area contributed by atoms with Gasteiger partial charge in [0, 0.05) is 0 Å². The maximum Gasteiger partial charge on any atom is 0.505 e. The molecule has 0 amide bonds. The topological polar surface area (TPSA) is 41.6 Å². The molecule has 64 valence electrons. The smallest absolute Gasteiger partial charge is 0.202 e. The minimum Gasteiger partial charge on any atom is -0.202 e. The zero-order chi connectivity index (χ0) is 9.35. The normalized spacial score (nSPS) is 11.2. The number of hydrogen-bond acceptors (Lipinski definition) is 2. The first-order valence-electron chi connectivity index (χ1n) is 2.67. The van der Waals surface area contributed by atoms with Crippen LogP contribution in [0.3, 0.4) is 0 Å². The summed E-state index contributed by atoms with van der Waals surface area (Å²) < 4.78 is 47.2. The summed E-state index contributed by atoms with van der Waals surface area (Å²) in [4.78, 5) is 0. The van der Waals surface area contributed by atoms with E-state index in [-0.39, 0.29) is 0 Å². The molecule has 1 aromatic heterocycles. The average molecular weight is 179 g/mol. The van der Waals surface area contributed by atoms with Crippen molar-refractivity contribution in [1.82, 2.24) is 9.78 Å². The summed E-state index contributed by atoms with van der Waals surface area (Å²) in [5, 5.41) is 10.8. The van der Waals surface area contributed by atoms with Gasteiger partial charge in [0.1, 0.15) is 6.07 Å². The molecule has 7 heteroatoms. The molecule has 0 spiro atoms. The molecular weight excluding hydrogens is 178 g/mol. The van der Waals surface area contributed by atoms with Gasteiger partial charge in [-0.25, -0.2) is 4.39 Å². The number of nitrogens with zero attached hydrogens (tertiary/aromatic N) is 3. The Morgan fingerprint density at radius 1 is 1.50 bits per heavy atom. The Morgan fingerprint density at radius 2 is 2.08 bits per heavy atom. The van der Waals surface area contributed by atoms with Crippen LogP contribution in [0.25, 0.3) is 0 Å². The third kappa shape index (κ3) is 1.23. The second-order valence-corrected chi connectivity index (χ2v) is 1.83. The third-order valence-corrected chi connectivity index (χ3v) is 1.07. The molecule has 0 aliphatic rings. The van der Waals surface area contributed by atoms with Gasteiger partial charge in [0.15, 0.2) is 11.5 Å². The summed E-state index contributed by atoms with van der Waals surface area (Å²) in [6, 6.07) is 1.06. The average Bonchev–Trinajstić information content (AvgIpc) is 2.29. The molecule has 0 atom stereocenters. The summed E-state index contributed by atoms with van der Waals surface area (Å²) in [7, 11) is 0. The fourth-order valence-corrected chi connectivity index (χ4v) is 0.621. The molecule has 3 nitrogen and oxygen atoms in total. The highest BCUT2D eigenvalue weighted by Crippen LogP contribution is 2.23. The van der Waals surface area contributed by atoms with E-state index in [4.69, 9.17) is 5.26 Å². The number of hydrogen-bond donors (Lipinski definition) is 0. The lowest BCUT2D eigenvalue weighted by Gasteiger charge is -2.05.